The van der Waals surface area contributed by atoms with Crippen LogP contribution in [0.2, 0.25) is 0 Å². The molecule has 0 bridgehead atoms. The lowest BCUT2D eigenvalue weighted by Crippen LogP contribution is -1.84. The molecular weight excluding hydrogens is 108 g/mol. The first-order valence-corrected chi connectivity index (χ1v) is 3.58. The van der Waals surface area contributed by atoms with Crippen molar-refractivity contribution < 1.29 is 0 Å². The lowest BCUT2D eigenvalue weighted by atomic mass is 10.1. The van der Waals surface area contributed by atoms with E-state index in [4.69, 9.17) is 0 Å². The van der Waals surface area contributed by atoms with Gasteiger partial charge in [-0.25, -0.2) is 0 Å². The molecule has 0 N–H and O–H groups in total. The Balaban J connectivity index is 3.35. The van der Waals surface area contributed by atoms with E-state index in [0.717, 1.165) is 12.8 Å². The molecule has 0 spiro atoms. The van der Waals surface area contributed by atoms with Crippen LogP contribution in [0.5, 0.6) is 0 Å². The molecule has 0 aliphatic heterocycles. The third-order valence-corrected chi connectivity index (χ3v) is 1.24. The maximum Gasteiger partial charge on any atom is -0.0227 e. The molecule has 0 amide bonds. The average Bonchev–Trinajstić information content (AvgIpc) is 1.85. The first kappa shape index (κ1) is 8.48. The van der Waals surface area contributed by atoms with Crippen molar-refractivity contribution >= 4 is 0 Å². The average molecular weight is 124 g/mol. The summed E-state index contributed by atoms with van der Waals surface area (Å²) in [5, 5.41) is 0. The summed E-state index contributed by atoms with van der Waals surface area (Å²) in [6, 6.07) is 0. The smallest absolute Gasteiger partial charge is 0.0227 e. The zero-order valence-electron chi connectivity index (χ0n) is 6.43. The summed E-state index contributed by atoms with van der Waals surface area (Å²) in [4.78, 5) is 0. The van der Waals surface area contributed by atoms with E-state index in [9.17, 15) is 0 Å². The monoisotopic (exact) mass is 124 g/mol. The third kappa shape index (κ3) is 5.35. The van der Waals surface area contributed by atoms with Crippen LogP contribution >= 0.6 is 0 Å². The molecule has 0 nitrogen and oxygen atoms in total. The Morgan fingerprint density at radius 3 is 2.67 bits per heavy atom. The molecule has 0 aromatic carbocycles. The molecule has 0 saturated heterocycles. The van der Waals surface area contributed by atoms with E-state index in [1.54, 1.807) is 0 Å². The van der Waals surface area contributed by atoms with Crippen LogP contribution in [0.4, 0.5) is 0 Å². The van der Waals surface area contributed by atoms with E-state index in [-0.39, 0.29) is 0 Å². The van der Waals surface area contributed by atoms with Gasteiger partial charge in [-0.1, -0.05) is 32.1 Å². The van der Waals surface area contributed by atoms with Crippen LogP contribution in [-0.4, -0.2) is 0 Å². The molecule has 0 aliphatic carbocycles. The van der Waals surface area contributed by atoms with Crippen LogP contribution in [0.1, 0.15) is 26.7 Å². The number of hydrogen-bond acceptors (Lipinski definition) is 0. The summed E-state index contributed by atoms with van der Waals surface area (Å²) in [5.74, 6) is 0.669. The Hall–Kier alpha value is -0.520. The molecule has 0 aromatic heterocycles. The molecule has 9 heavy (non-hydrogen) atoms. The van der Waals surface area contributed by atoms with Crippen molar-refractivity contribution in [1.82, 2.24) is 0 Å². The minimum atomic E-state index is 0.669. The normalized spacial score (nSPS) is 14.0. The van der Waals surface area contributed by atoms with E-state index < -0.39 is 0 Å². The van der Waals surface area contributed by atoms with E-state index in [1.165, 1.54) is 0 Å². The van der Waals surface area contributed by atoms with Gasteiger partial charge in [-0.3, -0.25) is 0 Å². The van der Waals surface area contributed by atoms with E-state index in [1.807, 2.05) is 6.08 Å². The van der Waals surface area contributed by atoms with Gasteiger partial charge in [-0.15, -0.1) is 6.58 Å². The van der Waals surface area contributed by atoms with Crippen molar-refractivity contribution in [3.8, 4) is 0 Å². The Morgan fingerprint density at radius 2 is 2.22 bits per heavy atom. The molecule has 1 unspecified atom stereocenters. The highest BCUT2D eigenvalue weighted by Crippen LogP contribution is 2.03. The maximum atomic E-state index is 3.67. The van der Waals surface area contributed by atoms with Crippen molar-refractivity contribution in [3.05, 3.63) is 24.8 Å². The summed E-state index contributed by atoms with van der Waals surface area (Å²) in [6.45, 7) is 8.03. The van der Waals surface area contributed by atoms with Gasteiger partial charge in [0, 0.05) is 0 Å². The molecular formula is C9H16. The minimum Gasteiger partial charge on any atom is -0.103 e. The molecule has 0 radical (unpaired) electrons. The second-order valence-electron chi connectivity index (χ2n) is 2.34. The Bertz CT molecular complexity index is 90.2. The summed E-state index contributed by atoms with van der Waals surface area (Å²) < 4.78 is 0. The molecule has 0 heteroatoms. The number of rotatable bonds is 4. The highest BCUT2D eigenvalue weighted by atomic mass is 13.9. The van der Waals surface area contributed by atoms with Gasteiger partial charge in [0.15, 0.2) is 0 Å². The van der Waals surface area contributed by atoms with Crippen LogP contribution in [0, 0.1) is 5.92 Å². The second kappa shape index (κ2) is 5.61. The summed E-state index contributed by atoms with van der Waals surface area (Å²) >= 11 is 0. The number of hydrogen-bond donors (Lipinski definition) is 0. The van der Waals surface area contributed by atoms with Crippen LogP contribution in [0.25, 0.3) is 0 Å². The lowest BCUT2D eigenvalue weighted by molar-refractivity contribution is 0.742. The fourth-order valence-corrected chi connectivity index (χ4v) is 0.710. The molecule has 0 aliphatic rings. The highest BCUT2D eigenvalue weighted by molar-refractivity contribution is 4.88. The highest BCUT2D eigenvalue weighted by Gasteiger charge is 1.89. The van der Waals surface area contributed by atoms with Crippen molar-refractivity contribution in [1.29, 1.82) is 0 Å². The first-order valence-electron chi connectivity index (χ1n) is 3.58. The van der Waals surface area contributed by atoms with Gasteiger partial charge < -0.3 is 0 Å². The van der Waals surface area contributed by atoms with Crippen molar-refractivity contribution in [2.45, 2.75) is 26.7 Å². The van der Waals surface area contributed by atoms with Crippen LogP contribution in [0.3, 0.4) is 0 Å². The zero-order chi connectivity index (χ0) is 7.11. The molecule has 1 atom stereocenters. The molecule has 52 valence electrons. The summed E-state index contributed by atoms with van der Waals surface area (Å²) in [6.07, 6.45) is 8.64. The van der Waals surface area contributed by atoms with Gasteiger partial charge in [-0.05, 0) is 18.8 Å². The van der Waals surface area contributed by atoms with Gasteiger partial charge in [0.25, 0.3) is 0 Å². The van der Waals surface area contributed by atoms with Gasteiger partial charge in [0.05, 0.1) is 0 Å². The first-order chi connectivity index (χ1) is 4.31. The molecule has 0 rings (SSSR count). The second-order valence-corrected chi connectivity index (χ2v) is 2.34. The Labute approximate surface area is 58.3 Å². The summed E-state index contributed by atoms with van der Waals surface area (Å²) in [5.41, 5.74) is 0. The maximum absolute atomic E-state index is 3.67. The fraction of sp³-hybridized carbons (Fsp3) is 0.556. The summed E-state index contributed by atoms with van der Waals surface area (Å²) in [7, 11) is 0. The Kier molecular flexibility index (Phi) is 5.29. The van der Waals surface area contributed by atoms with Crippen molar-refractivity contribution in [2.24, 2.45) is 5.92 Å². The van der Waals surface area contributed by atoms with E-state index in [2.05, 4.69) is 32.6 Å². The predicted octanol–water partition coefficient (Wildman–Crippen LogP) is 3.16. The Morgan fingerprint density at radius 1 is 1.56 bits per heavy atom. The van der Waals surface area contributed by atoms with Gasteiger partial charge in [0.1, 0.15) is 0 Å². The topological polar surface area (TPSA) is 0 Å². The van der Waals surface area contributed by atoms with E-state index in [0.29, 0.717) is 5.92 Å². The lowest BCUT2D eigenvalue weighted by Gasteiger charge is -1.98. The third-order valence-electron chi connectivity index (χ3n) is 1.24. The van der Waals surface area contributed by atoms with Gasteiger partial charge in [0.2, 0.25) is 0 Å². The largest absolute Gasteiger partial charge is 0.103 e. The van der Waals surface area contributed by atoms with Gasteiger partial charge in [-0.2, -0.15) is 0 Å². The van der Waals surface area contributed by atoms with Crippen LogP contribution in [-0.2, 0) is 0 Å². The molecule has 0 saturated carbocycles. The van der Waals surface area contributed by atoms with Gasteiger partial charge >= 0.3 is 0 Å². The number of allylic oxidation sites excluding steroid dienone is 3. The minimum absolute atomic E-state index is 0.669. The van der Waals surface area contributed by atoms with Crippen LogP contribution < -0.4 is 0 Å². The fourth-order valence-electron chi connectivity index (χ4n) is 0.710. The SMILES string of the molecule is C=CCC(C)C=CCC. The molecule has 0 heterocycles. The zero-order valence-corrected chi connectivity index (χ0v) is 6.43. The van der Waals surface area contributed by atoms with Crippen molar-refractivity contribution in [3.63, 3.8) is 0 Å². The predicted molar refractivity (Wildman–Crippen MR) is 43.4 cm³/mol. The standard InChI is InChI=1S/C9H16/c1-4-6-8-9(3)7-5-2/h5-6,8-9H,2,4,7H2,1,3H3. The van der Waals surface area contributed by atoms with Crippen LogP contribution in [0.15, 0.2) is 24.8 Å². The quantitative estimate of drug-likeness (QED) is 0.505. The molecule has 0 fully saturated rings. The van der Waals surface area contributed by atoms with Crippen molar-refractivity contribution in [2.75, 3.05) is 0 Å². The molecule has 0 aromatic rings. The van der Waals surface area contributed by atoms with E-state index >= 15 is 0 Å².